The molecular weight excluding hydrogens is 288 g/mol. The minimum Gasteiger partial charge on any atom is -0.466 e. The first kappa shape index (κ1) is 15.9. The van der Waals surface area contributed by atoms with Crippen LogP contribution in [0.1, 0.15) is 40.3 Å². The van der Waals surface area contributed by atoms with Crippen molar-refractivity contribution in [3.8, 4) is 0 Å². The Balaban J connectivity index is 1.95. The van der Waals surface area contributed by atoms with Crippen molar-refractivity contribution in [2.75, 3.05) is 11.9 Å². The van der Waals surface area contributed by atoms with Crippen LogP contribution in [-0.4, -0.2) is 23.5 Å². The van der Waals surface area contributed by atoms with E-state index >= 15 is 0 Å². The molecule has 2 rings (SSSR count). The van der Waals surface area contributed by atoms with Crippen LogP contribution in [0.5, 0.6) is 0 Å². The Bertz CT molecular complexity index is 549. The summed E-state index contributed by atoms with van der Waals surface area (Å²) in [6, 6.07) is 0. The third-order valence-corrected chi connectivity index (χ3v) is 5.50. The van der Waals surface area contributed by atoms with Gasteiger partial charge in [0.05, 0.1) is 18.7 Å². The van der Waals surface area contributed by atoms with Crippen molar-refractivity contribution in [2.45, 2.75) is 41.0 Å². The molecule has 1 aliphatic carbocycles. The summed E-state index contributed by atoms with van der Waals surface area (Å²) in [5, 5.41) is 5.17. The van der Waals surface area contributed by atoms with E-state index in [1.807, 2.05) is 0 Å². The highest BCUT2D eigenvalue weighted by molar-refractivity contribution is 7.13. The maximum Gasteiger partial charge on any atom is 0.311 e. The lowest BCUT2D eigenvalue weighted by molar-refractivity contribution is -0.142. The Morgan fingerprint density at radius 1 is 1.33 bits per heavy atom. The number of thiazole rings is 1. The summed E-state index contributed by atoms with van der Waals surface area (Å²) in [7, 11) is 0. The zero-order chi connectivity index (χ0) is 15.8. The number of carbonyl (C=O) groups excluding carboxylic acids is 2. The van der Waals surface area contributed by atoms with Gasteiger partial charge in [-0.3, -0.25) is 9.59 Å². The smallest absolute Gasteiger partial charge is 0.311 e. The maximum absolute atomic E-state index is 12.3. The quantitative estimate of drug-likeness (QED) is 0.849. The first-order valence-electron chi connectivity index (χ1n) is 7.11. The van der Waals surface area contributed by atoms with E-state index in [1.54, 1.807) is 12.3 Å². The number of carbonyl (C=O) groups is 2. The van der Waals surface area contributed by atoms with Crippen molar-refractivity contribution in [3.05, 3.63) is 11.1 Å². The van der Waals surface area contributed by atoms with Gasteiger partial charge in [0.1, 0.15) is 0 Å². The molecule has 0 saturated heterocycles. The van der Waals surface area contributed by atoms with Gasteiger partial charge < -0.3 is 10.1 Å². The summed E-state index contributed by atoms with van der Waals surface area (Å²) in [5.41, 5.74) is 0.632. The van der Waals surface area contributed by atoms with Gasteiger partial charge in [-0.25, -0.2) is 4.98 Å². The summed E-state index contributed by atoms with van der Waals surface area (Å²) < 4.78 is 4.88. The largest absolute Gasteiger partial charge is 0.466 e. The topological polar surface area (TPSA) is 68.3 Å². The Morgan fingerprint density at radius 3 is 2.48 bits per heavy atom. The zero-order valence-electron chi connectivity index (χ0n) is 13.1. The highest BCUT2D eigenvalue weighted by Crippen LogP contribution is 2.68. The molecule has 6 heteroatoms. The first-order chi connectivity index (χ1) is 9.70. The van der Waals surface area contributed by atoms with Gasteiger partial charge in [0.15, 0.2) is 5.13 Å². The van der Waals surface area contributed by atoms with Crippen LogP contribution >= 0.6 is 11.3 Å². The summed E-state index contributed by atoms with van der Waals surface area (Å²) in [4.78, 5) is 28.0. The number of nitrogens with one attached hydrogen (secondary N) is 1. The highest BCUT2D eigenvalue weighted by Gasteiger charge is 2.68. The predicted octanol–water partition coefficient (Wildman–Crippen LogP) is 2.87. The molecule has 0 atom stereocenters. The summed E-state index contributed by atoms with van der Waals surface area (Å²) in [5.74, 6) is -0.311. The van der Waals surface area contributed by atoms with Crippen molar-refractivity contribution in [3.63, 3.8) is 0 Å². The van der Waals surface area contributed by atoms with Gasteiger partial charge in [-0.1, -0.05) is 27.7 Å². The molecule has 0 unspecified atom stereocenters. The third-order valence-electron chi connectivity index (χ3n) is 4.70. The lowest BCUT2D eigenvalue weighted by atomic mass is 10.0. The molecule has 0 aromatic carbocycles. The second-order valence-corrected chi connectivity index (χ2v) is 7.35. The van der Waals surface area contributed by atoms with E-state index in [-0.39, 0.29) is 35.0 Å². The molecule has 116 valence electrons. The van der Waals surface area contributed by atoms with Crippen LogP contribution in [0.3, 0.4) is 0 Å². The fourth-order valence-corrected chi connectivity index (χ4v) is 3.55. The Morgan fingerprint density at radius 2 is 1.95 bits per heavy atom. The average Bonchev–Trinajstić information content (AvgIpc) is 2.65. The molecule has 1 heterocycles. The van der Waals surface area contributed by atoms with Gasteiger partial charge in [0.2, 0.25) is 5.91 Å². The molecule has 1 aliphatic rings. The monoisotopic (exact) mass is 310 g/mol. The lowest BCUT2D eigenvalue weighted by Crippen LogP contribution is -2.17. The van der Waals surface area contributed by atoms with Gasteiger partial charge in [0.25, 0.3) is 0 Å². The number of ether oxygens (including phenoxy) is 1. The van der Waals surface area contributed by atoms with E-state index in [9.17, 15) is 9.59 Å². The minimum absolute atomic E-state index is 0.00188. The predicted molar refractivity (Wildman–Crippen MR) is 82.1 cm³/mol. The molecule has 1 amide bonds. The average molecular weight is 310 g/mol. The molecule has 1 saturated carbocycles. The van der Waals surface area contributed by atoms with Crippen molar-refractivity contribution >= 4 is 28.3 Å². The standard InChI is InChI=1S/C15H22N2O3S/c1-6-20-10(18)7-9-8-21-13(16-9)17-12(19)11-14(2,3)15(11,4)5/h8,11H,6-7H2,1-5H3,(H,16,17,19). The van der Waals surface area contributed by atoms with Crippen molar-refractivity contribution in [1.29, 1.82) is 0 Å². The first-order valence-corrected chi connectivity index (χ1v) is 7.99. The number of amides is 1. The number of nitrogens with zero attached hydrogens (tertiary/aromatic N) is 1. The van der Waals surface area contributed by atoms with Gasteiger partial charge in [0, 0.05) is 11.3 Å². The van der Waals surface area contributed by atoms with Crippen LogP contribution in [0.2, 0.25) is 0 Å². The SMILES string of the molecule is CCOC(=O)Cc1csc(NC(=O)C2C(C)(C)C2(C)C)n1. The van der Waals surface area contributed by atoms with Crippen molar-refractivity contribution in [2.24, 2.45) is 16.7 Å². The van der Waals surface area contributed by atoms with Crippen LogP contribution in [-0.2, 0) is 20.7 Å². The second kappa shape index (κ2) is 5.40. The van der Waals surface area contributed by atoms with Gasteiger partial charge in [-0.2, -0.15) is 0 Å². The number of rotatable bonds is 5. The Hall–Kier alpha value is -1.43. The van der Waals surface area contributed by atoms with E-state index in [0.717, 1.165) is 0 Å². The summed E-state index contributed by atoms with van der Waals surface area (Å²) in [6.45, 7) is 10.5. The number of anilines is 1. The van der Waals surface area contributed by atoms with Crippen LogP contribution in [0.15, 0.2) is 5.38 Å². The van der Waals surface area contributed by atoms with E-state index in [0.29, 0.717) is 17.4 Å². The molecule has 5 nitrogen and oxygen atoms in total. The van der Waals surface area contributed by atoms with Gasteiger partial charge >= 0.3 is 5.97 Å². The number of hydrogen-bond acceptors (Lipinski definition) is 5. The Labute approximate surface area is 129 Å². The fourth-order valence-electron chi connectivity index (χ4n) is 2.83. The van der Waals surface area contributed by atoms with Crippen molar-refractivity contribution < 1.29 is 14.3 Å². The van der Waals surface area contributed by atoms with Crippen molar-refractivity contribution in [1.82, 2.24) is 4.98 Å². The molecule has 1 N–H and O–H groups in total. The second-order valence-electron chi connectivity index (χ2n) is 6.49. The molecule has 0 aliphatic heterocycles. The number of esters is 1. The van der Waals surface area contributed by atoms with Gasteiger partial charge in [-0.15, -0.1) is 11.3 Å². The van der Waals surface area contributed by atoms with Crippen LogP contribution in [0.4, 0.5) is 5.13 Å². The molecule has 1 fully saturated rings. The number of hydrogen-bond donors (Lipinski definition) is 1. The third kappa shape index (κ3) is 2.95. The van der Waals surface area contributed by atoms with E-state index in [1.165, 1.54) is 11.3 Å². The number of aromatic nitrogens is 1. The fraction of sp³-hybridized carbons (Fsp3) is 0.667. The van der Waals surface area contributed by atoms with Crippen LogP contribution in [0.25, 0.3) is 0 Å². The molecule has 0 radical (unpaired) electrons. The minimum atomic E-state index is -0.301. The molecular formula is C15H22N2O3S. The lowest BCUT2D eigenvalue weighted by Gasteiger charge is -2.03. The van der Waals surface area contributed by atoms with Crippen LogP contribution in [0, 0.1) is 16.7 Å². The van der Waals surface area contributed by atoms with Gasteiger partial charge in [-0.05, 0) is 17.8 Å². The molecule has 0 bridgehead atoms. The molecule has 1 aromatic rings. The normalized spacial score (nSPS) is 19.1. The summed E-state index contributed by atoms with van der Waals surface area (Å²) in [6.07, 6.45) is 0.140. The molecule has 1 aromatic heterocycles. The molecule has 0 spiro atoms. The Kier molecular flexibility index (Phi) is 4.10. The zero-order valence-corrected chi connectivity index (χ0v) is 14.0. The van der Waals surface area contributed by atoms with Crippen LogP contribution < -0.4 is 5.32 Å². The van der Waals surface area contributed by atoms with E-state index in [4.69, 9.17) is 4.74 Å². The van der Waals surface area contributed by atoms with E-state index in [2.05, 4.69) is 38.0 Å². The maximum atomic E-state index is 12.3. The highest BCUT2D eigenvalue weighted by atomic mass is 32.1. The summed E-state index contributed by atoms with van der Waals surface area (Å²) >= 11 is 1.33. The van der Waals surface area contributed by atoms with E-state index < -0.39 is 0 Å². The molecule has 21 heavy (non-hydrogen) atoms.